The molecule has 0 unspecified atom stereocenters. The van der Waals surface area contributed by atoms with E-state index in [4.69, 9.17) is 9.47 Å². The molecule has 214 valence electrons. The fraction of sp³-hybridized carbons (Fsp3) is 0.444. The average Bonchev–Trinajstić information content (AvgIpc) is 3.28. The number of anilines is 1. The second-order valence-electron chi connectivity index (χ2n) is 9.91. The Morgan fingerprint density at radius 2 is 2.00 bits per heavy atom. The first-order chi connectivity index (χ1) is 19.1. The van der Waals surface area contributed by atoms with E-state index in [0.29, 0.717) is 31.5 Å². The Hall–Kier alpha value is -3.87. The highest BCUT2D eigenvalue weighted by molar-refractivity contribution is 7.92. The normalized spacial score (nSPS) is 20.2. The highest BCUT2D eigenvalue weighted by Gasteiger charge is 2.39. The maximum absolute atomic E-state index is 14.1. The third kappa shape index (κ3) is 4.61. The number of fused-ring (bicyclic) bond motifs is 7. The van der Waals surface area contributed by atoms with Gasteiger partial charge in [0.2, 0.25) is 10.0 Å². The van der Waals surface area contributed by atoms with Gasteiger partial charge < -0.3 is 18.9 Å². The zero-order chi connectivity index (χ0) is 28.8. The maximum Gasteiger partial charge on any atom is 0.280 e. The first-order valence-corrected chi connectivity index (χ1v) is 14.7. The number of ether oxygens (including phenoxy) is 2. The van der Waals surface area contributed by atoms with Gasteiger partial charge in [-0.1, -0.05) is 18.2 Å². The molecule has 4 heterocycles. The van der Waals surface area contributed by atoms with E-state index in [0.717, 1.165) is 8.99 Å². The molecule has 5 rings (SSSR count). The molecular formula is C27H32FN5O6S. The Balaban J connectivity index is 1.85. The van der Waals surface area contributed by atoms with Crippen molar-refractivity contribution >= 4 is 32.7 Å². The molecule has 2 bridgehead atoms. The van der Waals surface area contributed by atoms with Crippen molar-refractivity contribution in [2.24, 2.45) is 0 Å². The summed E-state index contributed by atoms with van der Waals surface area (Å²) >= 11 is 0. The molecule has 2 aromatic heterocycles. The Morgan fingerprint density at radius 1 is 1.23 bits per heavy atom. The Bertz CT molecular complexity index is 1680. The zero-order valence-corrected chi connectivity index (χ0v) is 23.7. The van der Waals surface area contributed by atoms with Crippen molar-refractivity contribution in [1.29, 1.82) is 0 Å². The maximum atomic E-state index is 14.1. The Kier molecular flexibility index (Phi) is 7.34. The summed E-state index contributed by atoms with van der Waals surface area (Å²) in [5.41, 5.74) is 0.285. The lowest BCUT2D eigenvalue weighted by Crippen LogP contribution is -2.42. The van der Waals surface area contributed by atoms with Crippen molar-refractivity contribution in [3.63, 3.8) is 0 Å². The quantitative estimate of drug-likeness (QED) is 0.433. The van der Waals surface area contributed by atoms with Crippen molar-refractivity contribution in [1.82, 2.24) is 19.2 Å². The molecule has 0 fully saturated rings. The van der Waals surface area contributed by atoms with Gasteiger partial charge in [-0.25, -0.2) is 17.5 Å². The molecule has 0 radical (unpaired) electrons. The molecule has 1 amide bonds. The van der Waals surface area contributed by atoms with Crippen LogP contribution < -0.4 is 19.3 Å². The second-order valence-corrected chi connectivity index (χ2v) is 12.0. The van der Waals surface area contributed by atoms with Gasteiger partial charge in [0.1, 0.15) is 29.1 Å². The average molecular weight is 574 g/mol. The van der Waals surface area contributed by atoms with Crippen molar-refractivity contribution in [3.8, 4) is 11.5 Å². The number of likely N-dealkylation sites (N-methyl/N-ethyl adjacent to an activating group) is 1. The van der Waals surface area contributed by atoms with Gasteiger partial charge in [-0.3, -0.25) is 13.9 Å². The fourth-order valence-electron chi connectivity index (χ4n) is 5.32. The minimum Gasteiger partial charge on any atom is -0.493 e. The van der Waals surface area contributed by atoms with E-state index in [1.165, 1.54) is 32.4 Å². The summed E-state index contributed by atoms with van der Waals surface area (Å²) in [5.74, 6) is -0.682. The van der Waals surface area contributed by atoms with Crippen LogP contribution in [0.5, 0.6) is 11.5 Å². The van der Waals surface area contributed by atoms with Crippen LogP contribution in [0.3, 0.4) is 0 Å². The highest BCUT2D eigenvalue weighted by atomic mass is 32.2. The van der Waals surface area contributed by atoms with Crippen LogP contribution in [0, 0.1) is 5.82 Å². The van der Waals surface area contributed by atoms with Crippen LogP contribution in [0.4, 0.5) is 10.2 Å². The van der Waals surface area contributed by atoms with E-state index in [1.54, 1.807) is 15.5 Å². The molecule has 3 aromatic rings. The molecule has 0 aliphatic carbocycles. The lowest BCUT2D eigenvalue weighted by molar-refractivity contribution is 0.0685. The first kappa shape index (κ1) is 27.7. The summed E-state index contributed by atoms with van der Waals surface area (Å²) in [5, 5.41) is 4.60. The van der Waals surface area contributed by atoms with Crippen LogP contribution in [0.2, 0.25) is 0 Å². The Morgan fingerprint density at radius 3 is 2.73 bits per heavy atom. The molecule has 40 heavy (non-hydrogen) atoms. The van der Waals surface area contributed by atoms with Gasteiger partial charge in [0, 0.05) is 37.8 Å². The summed E-state index contributed by atoms with van der Waals surface area (Å²) in [4.78, 5) is 29.2. The van der Waals surface area contributed by atoms with E-state index < -0.39 is 21.4 Å². The predicted octanol–water partition coefficient (Wildman–Crippen LogP) is 2.93. The smallest absolute Gasteiger partial charge is 0.280 e. The third-order valence-electron chi connectivity index (χ3n) is 7.38. The lowest BCUT2D eigenvalue weighted by atomic mass is 10.2. The SMILES string of the molecule is CCN1C[C@H](C)n2c(c(OC)c3c(=O)n4nc(c32)N(C)S(=O)(=O)CCC/C=C\COc2cc(F)ccc2C4)C1=O. The number of rotatable bonds is 2. The molecule has 0 saturated heterocycles. The van der Waals surface area contributed by atoms with Gasteiger partial charge in [0.15, 0.2) is 17.3 Å². The van der Waals surface area contributed by atoms with Gasteiger partial charge >= 0.3 is 0 Å². The predicted molar refractivity (Wildman–Crippen MR) is 148 cm³/mol. The fourth-order valence-corrected chi connectivity index (χ4v) is 6.51. The largest absolute Gasteiger partial charge is 0.493 e. The number of amides is 1. The highest BCUT2D eigenvalue weighted by Crippen LogP contribution is 2.41. The van der Waals surface area contributed by atoms with Crippen LogP contribution >= 0.6 is 0 Å². The number of hydrogen-bond donors (Lipinski definition) is 0. The van der Waals surface area contributed by atoms with Crippen molar-refractivity contribution in [2.75, 3.05) is 43.9 Å². The standard InChI is InChI=1S/C27H32FN5O6S/c1-5-31-15-17(2)33-22-21(24(38-4)23(33)27(31)35)26(34)32-16-18-10-11-19(28)14-20(18)39-12-8-6-7-9-13-40(36,37)30(3)25(22)29-32/h6,8,10-11,14,17H,5,7,9,12-13,15-16H2,1-4H3/b8-6-/t17-/m0/s1. The van der Waals surface area contributed by atoms with Crippen LogP contribution in [-0.4, -0.2) is 73.2 Å². The van der Waals surface area contributed by atoms with Gasteiger partial charge in [-0.05, 0) is 32.8 Å². The van der Waals surface area contributed by atoms with Gasteiger partial charge in [0.05, 0.1) is 19.4 Å². The summed E-state index contributed by atoms with van der Waals surface area (Å²) in [6.07, 6.45) is 4.39. The van der Waals surface area contributed by atoms with Crippen LogP contribution in [0.15, 0.2) is 35.1 Å². The van der Waals surface area contributed by atoms with Crippen molar-refractivity contribution in [2.45, 2.75) is 39.3 Å². The molecule has 1 aromatic carbocycles. The van der Waals surface area contributed by atoms with Crippen LogP contribution in [-0.2, 0) is 16.6 Å². The third-order valence-corrected chi connectivity index (χ3v) is 9.19. The molecule has 1 atom stereocenters. The number of carbonyl (C=O) groups is 1. The number of carbonyl (C=O) groups excluding carboxylic acids is 1. The van der Waals surface area contributed by atoms with E-state index in [2.05, 4.69) is 5.10 Å². The summed E-state index contributed by atoms with van der Waals surface area (Å²) in [6, 6.07) is 3.70. The summed E-state index contributed by atoms with van der Waals surface area (Å²) in [6.45, 7) is 4.59. The molecular weight excluding hydrogens is 541 g/mol. The van der Waals surface area contributed by atoms with Crippen LogP contribution in [0.25, 0.3) is 10.9 Å². The number of benzene rings is 1. The van der Waals surface area contributed by atoms with Crippen molar-refractivity contribution in [3.05, 3.63) is 57.8 Å². The minimum absolute atomic E-state index is 0.00116. The van der Waals surface area contributed by atoms with Gasteiger partial charge in [0.25, 0.3) is 11.5 Å². The summed E-state index contributed by atoms with van der Waals surface area (Å²) in [7, 11) is -1.10. The molecule has 11 nitrogen and oxygen atoms in total. The number of nitrogens with zero attached hydrogens (tertiary/aromatic N) is 5. The molecule has 2 aliphatic heterocycles. The molecule has 0 spiro atoms. The first-order valence-electron chi connectivity index (χ1n) is 13.1. The van der Waals surface area contributed by atoms with E-state index >= 15 is 0 Å². The molecule has 0 N–H and O–H groups in total. The van der Waals surface area contributed by atoms with E-state index in [1.807, 2.05) is 19.9 Å². The lowest BCUT2D eigenvalue weighted by Gasteiger charge is -2.33. The Labute approximate surface area is 231 Å². The van der Waals surface area contributed by atoms with E-state index in [-0.39, 0.29) is 64.8 Å². The number of aromatic nitrogens is 3. The number of allylic oxidation sites excluding steroid dienone is 1. The number of methoxy groups -OCH3 is 1. The van der Waals surface area contributed by atoms with E-state index in [9.17, 15) is 22.4 Å². The minimum atomic E-state index is -3.87. The van der Waals surface area contributed by atoms with Crippen molar-refractivity contribution < 1.29 is 27.1 Å². The zero-order valence-electron chi connectivity index (χ0n) is 22.9. The molecule has 13 heteroatoms. The number of hydrogen-bond acceptors (Lipinski definition) is 7. The van der Waals surface area contributed by atoms with Gasteiger partial charge in [-0.2, -0.15) is 0 Å². The molecule has 2 aliphatic rings. The number of halogens is 1. The monoisotopic (exact) mass is 573 g/mol. The van der Waals surface area contributed by atoms with Gasteiger partial charge in [-0.15, -0.1) is 5.10 Å². The second kappa shape index (κ2) is 10.6. The van der Waals surface area contributed by atoms with Crippen LogP contribution in [0.1, 0.15) is 48.8 Å². The molecule has 0 saturated carbocycles. The summed E-state index contributed by atoms with van der Waals surface area (Å²) < 4.78 is 56.4. The number of sulfonamides is 1. The topological polar surface area (TPSA) is 116 Å².